The van der Waals surface area contributed by atoms with Gasteiger partial charge in [-0.05, 0) is 42.7 Å². The van der Waals surface area contributed by atoms with Crippen molar-refractivity contribution >= 4 is 5.91 Å². The molecule has 1 N–H and O–H groups in total. The Morgan fingerprint density at radius 3 is 2.78 bits per heavy atom. The van der Waals surface area contributed by atoms with Crippen LogP contribution in [0.4, 0.5) is 0 Å². The number of aryl methyl sites for hydroxylation is 1. The number of benzene rings is 2. The lowest BCUT2D eigenvalue weighted by molar-refractivity contribution is -0.126. The Hall–Kier alpha value is -2.49. The van der Waals surface area contributed by atoms with Crippen LogP contribution in [0.25, 0.3) is 0 Å². The third-order valence-corrected chi connectivity index (χ3v) is 4.13. The number of methoxy groups -OCH3 is 1. The number of fused-ring (bicyclic) bond motifs is 1. The lowest BCUT2D eigenvalue weighted by atomic mass is 9.95. The summed E-state index contributed by atoms with van der Waals surface area (Å²) in [4.78, 5) is 12.4. The zero-order chi connectivity index (χ0) is 16.2. The molecule has 2 aromatic rings. The van der Waals surface area contributed by atoms with Crippen LogP contribution in [-0.2, 0) is 17.8 Å². The molecule has 1 aliphatic heterocycles. The maximum atomic E-state index is 12.4. The number of carbonyl (C=O) groups is 1. The van der Waals surface area contributed by atoms with Gasteiger partial charge in [-0.15, -0.1) is 0 Å². The number of amides is 1. The minimum Gasteiger partial charge on any atom is -0.497 e. The van der Waals surface area contributed by atoms with Gasteiger partial charge in [-0.3, -0.25) is 4.79 Å². The maximum absolute atomic E-state index is 12.4. The Kier molecular flexibility index (Phi) is 4.51. The zero-order valence-electron chi connectivity index (χ0n) is 13.5. The van der Waals surface area contributed by atoms with Crippen molar-refractivity contribution in [2.75, 3.05) is 13.7 Å². The molecule has 120 valence electrons. The predicted molar refractivity (Wildman–Crippen MR) is 88.7 cm³/mol. The molecule has 4 nitrogen and oxygen atoms in total. The summed E-state index contributed by atoms with van der Waals surface area (Å²) in [6, 6.07) is 13.9. The molecular weight excluding hydrogens is 290 g/mol. The van der Waals surface area contributed by atoms with Crippen LogP contribution in [0.5, 0.6) is 11.5 Å². The average Bonchev–Trinajstić information content (AvgIpc) is 2.60. The number of nitrogens with one attached hydrogen (secondary N) is 1. The van der Waals surface area contributed by atoms with Gasteiger partial charge in [-0.2, -0.15) is 0 Å². The Morgan fingerprint density at radius 1 is 1.26 bits per heavy atom. The minimum absolute atomic E-state index is 0.0269. The van der Waals surface area contributed by atoms with Crippen molar-refractivity contribution < 1.29 is 14.3 Å². The summed E-state index contributed by atoms with van der Waals surface area (Å²) < 4.78 is 10.9. The molecule has 0 bridgehead atoms. The number of hydrogen-bond acceptors (Lipinski definition) is 3. The quantitative estimate of drug-likeness (QED) is 0.944. The summed E-state index contributed by atoms with van der Waals surface area (Å²) in [5.41, 5.74) is 3.33. The van der Waals surface area contributed by atoms with Crippen LogP contribution in [0.15, 0.2) is 42.5 Å². The molecule has 0 radical (unpaired) electrons. The number of hydrogen-bond donors (Lipinski definition) is 1. The van der Waals surface area contributed by atoms with Gasteiger partial charge in [0, 0.05) is 6.54 Å². The van der Waals surface area contributed by atoms with Crippen molar-refractivity contribution in [3.05, 3.63) is 59.2 Å². The van der Waals surface area contributed by atoms with Gasteiger partial charge in [-0.1, -0.05) is 29.8 Å². The number of carbonyl (C=O) groups excluding carboxylic acids is 1. The normalized spacial score (nSPS) is 16.2. The molecule has 0 spiro atoms. The van der Waals surface area contributed by atoms with Gasteiger partial charge in [0.1, 0.15) is 18.1 Å². The van der Waals surface area contributed by atoms with Crippen molar-refractivity contribution in [3.8, 4) is 11.5 Å². The first-order valence-corrected chi connectivity index (χ1v) is 7.78. The van der Waals surface area contributed by atoms with Gasteiger partial charge in [0.15, 0.2) is 0 Å². The maximum Gasteiger partial charge on any atom is 0.227 e. The number of ether oxygens (including phenoxy) is 2. The second-order valence-corrected chi connectivity index (χ2v) is 5.89. The SMILES string of the molecule is COc1ccc2c(c1)C[C@@H](C(=O)NCc1ccc(C)cc1)CO2. The van der Waals surface area contributed by atoms with Crippen molar-refractivity contribution in [2.24, 2.45) is 5.92 Å². The third-order valence-electron chi connectivity index (χ3n) is 4.13. The molecule has 0 saturated carbocycles. The fourth-order valence-corrected chi connectivity index (χ4v) is 2.71. The Labute approximate surface area is 136 Å². The van der Waals surface area contributed by atoms with Gasteiger partial charge >= 0.3 is 0 Å². The van der Waals surface area contributed by atoms with Crippen LogP contribution in [0.3, 0.4) is 0 Å². The molecule has 1 heterocycles. The summed E-state index contributed by atoms with van der Waals surface area (Å²) >= 11 is 0. The standard InChI is InChI=1S/C19H21NO3/c1-13-3-5-14(6-4-13)11-20-19(21)16-9-15-10-17(22-2)7-8-18(15)23-12-16/h3-8,10,16H,9,11-12H2,1-2H3,(H,20,21)/t16-/m1/s1. The topological polar surface area (TPSA) is 47.6 Å². The molecule has 0 aromatic heterocycles. The fraction of sp³-hybridized carbons (Fsp3) is 0.316. The molecule has 1 atom stereocenters. The van der Waals surface area contributed by atoms with Gasteiger partial charge in [0.05, 0.1) is 13.0 Å². The lowest BCUT2D eigenvalue weighted by Crippen LogP contribution is -2.37. The second kappa shape index (κ2) is 6.73. The monoisotopic (exact) mass is 311 g/mol. The lowest BCUT2D eigenvalue weighted by Gasteiger charge is -2.25. The zero-order valence-corrected chi connectivity index (χ0v) is 13.5. The van der Waals surface area contributed by atoms with Crippen LogP contribution in [0.2, 0.25) is 0 Å². The first-order valence-electron chi connectivity index (χ1n) is 7.78. The van der Waals surface area contributed by atoms with Gasteiger partial charge < -0.3 is 14.8 Å². The third kappa shape index (κ3) is 3.65. The van der Waals surface area contributed by atoms with E-state index >= 15 is 0 Å². The van der Waals surface area contributed by atoms with Gasteiger partial charge in [0.2, 0.25) is 5.91 Å². The van der Waals surface area contributed by atoms with E-state index in [2.05, 4.69) is 5.32 Å². The van der Waals surface area contributed by atoms with Crippen LogP contribution < -0.4 is 14.8 Å². The molecular formula is C19H21NO3. The highest BCUT2D eigenvalue weighted by atomic mass is 16.5. The van der Waals surface area contributed by atoms with E-state index in [9.17, 15) is 4.79 Å². The predicted octanol–water partition coefficient (Wildman–Crippen LogP) is 2.87. The van der Waals surface area contributed by atoms with Gasteiger partial charge in [-0.25, -0.2) is 0 Å². The van der Waals surface area contributed by atoms with Crippen molar-refractivity contribution in [2.45, 2.75) is 19.9 Å². The summed E-state index contributed by atoms with van der Waals surface area (Å²) in [6.07, 6.45) is 0.673. The summed E-state index contributed by atoms with van der Waals surface area (Å²) in [5, 5.41) is 3.00. The Balaban J connectivity index is 1.61. The number of rotatable bonds is 4. The van der Waals surface area contributed by atoms with E-state index in [0.29, 0.717) is 19.6 Å². The van der Waals surface area contributed by atoms with E-state index in [1.54, 1.807) is 7.11 Å². The largest absolute Gasteiger partial charge is 0.497 e. The molecule has 3 rings (SSSR count). The first kappa shape index (κ1) is 15.4. The second-order valence-electron chi connectivity index (χ2n) is 5.89. The molecule has 2 aromatic carbocycles. The van der Waals surface area contributed by atoms with E-state index in [-0.39, 0.29) is 11.8 Å². The van der Waals surface area contributed by atoms with Crippen molar-refractivity contribution in [1.29, 1.82) is 0 Å². The summed E-state index contributed by atoms with van der Waals surface area (Å²) in [7, 11) is 1.64. The summed E-state index contributed by atoms with van der Waals surface area (Å²) in [5.74, 6) is 1.49. The minimum atomic E-state index is -0.167. The smallest absolute Gasteiger partial charge is 0.227 e. The van der Waals surface area contributed by atoms with Crippen LogP contribution in [0.1, 0.15) is 16.7 Å². The highest BCUT2D eigenvalue weighted by Crippen LogP contribution is 2.30. The summed E-state index contributed by atoms with van der Waals surface area (Å²) in [6.45, 7) is 3.01. The van der Waals surface area contributed by atoms with Crippen LogP contribution in [0, 0.1) is 12.8 Å². The average molecular weight is 311 g/mol. The molecule has 0 aliphatic carbocycles. The van der Waals surface area contributed by atoms with Crippen molar-refractivity contribution in [3.63, 3.8) is 0 Å². The van der Waals surface area contributed by atoms with Crippen LogP contribution >= 0.6 is 0 Å². The van der Waals surface area contributed by atoms with E-state index in [4.69, 9.17) is 9.47 Å². The molecule has 0 fully saturated rings. The van der Waals surface area contributed by atoms with E-state index in [1.807, 2.05) is 49.4 Å². The van der Waals surface area contributed by atoms with E-state index < -0.39 is 0 Å². The van der Waals surface area contributed by atoms with Gasteiger partial charge in [0.25, 0.3) is 0 Å². The van der Waals surface area contributed by atoms with Crippen LogP contribution in [-0.4, -0.2) is 19.6 Å². The Morgan fingerprint density at radius 2 is 2.04 bits per heavy atom. The molecule has 0 unspecified atom stereocenters. The Bertz CT molecular complexity index is 694. The molecule has 4 heteroatoms. The molecule has 1 aliphatic rings. The highest BCUT2D eigenvalue weighted by molar-refractivity contribution is 5.79. The molecule has 0 saturated heterocycles. The highest BCUT2D eigenvalue weighted by Gasteiger charge is 2.26. The first-order chi connectivity index (χ1) is 11.2. The molecule has 1 amide bonds. The van der Waals surface area contributed by atoms with E-state index in [0.717, 1.165) is 22.6 Å². The van der Waals surface area contributed by atoms with E-state index in [1.165, 1.54) is 5.56 Å². The fourth-order valence-electron chi connectivity index (χ4n) is 2.71. The van der Waals surface area contributed by atoms with Crippen molar-refractivity contribution in [1.82, 2.24) is 5.32 Å². The molecule has 23 heavy (non-hydrogen) atoms.